The molecule has 0 atom stereocenters. The molecule has 0 amide bonds. The van der Waals surface area contributed by atoms with E-state index in [-0.39, 0.29) is 5.78 Å². The van der Waals surface area contributed by atoms with Crippen LogP contribution in [0.15, 0.2) is 72.8 Å². The largest absolute Gasteiger partial charge is 0.289 e. The van der Waals surface area contributed by atoms with E-state index in [0.29, 0.717) is 0 Å². The molecule has 94 valence electrons. The van der Waals surface area contributed by atoms with Crippen LogP contribution < -0.4 is 0 Å². The summed E-state index contributed by atoms with van der Waals surface area (Å²) in [4.78, 5) is 12.4. The first-order valence-corrected chi connectivity index (χ1v) is 6.68. The summed E-state index contributed by atoms with van der Waals surface area (Å²) in [5.74, 6) is 0.0813. The normalized spacial score (nSPS) is 11.2. The molecule has 0 aliphatic heterocycles. The lowest BCUT2D eigenvalue weighted by atomic mass is 9.79. The van der Waals surface area contributed by atoms with E-state index in [9.17, 15) is 4.79 Å². The Hall–Kier alpha value is -2.67. The van der Waals surface area contributed by atoms with Gasteiger partial charge in [-0.2, -0.15) is 0 Å². The van der Waals surface area contributed by atoms with Gasteiger partial charge in [-0.1, -0.05) is 66.7 Å². The van der Waals surface area contributed by atoms with Gasteiger partial charge in [-0.15, -0.1) is 0 Å². The summed E-state index contributed by atoms with van der Waals surface area (Å²) in [6.07, 6.45) is 0. The molecule has 0 bridgehead atoms. The summed E-state index contributed by atoms with van der Waals surface area (Å²) < 4.78 is 0. The molecule has 0 radical (unpaired) electrons. The lowest BCUT2D eigenvalue weighted by Gasteiger charge is -2.24. The number of carbonyl (C=O) groups is 1. The van der Waals surface area contributed by atoms with Crippen molar-refractivity contribution in [1.29, 1.82) is 0 Å². The summed E-state index contributed by atoms with van der Waals surface area (Å²) >= 11 is 0. The van der Waals surface area contributed by atoms with Crippen LogP contribution in [0.5, 0.6) is 0 Å². The quantitative estimate of drug-likeness (QED) is 0.480. The van der Waals surface area contributed by atoms with Gasteiger partial charge < -0.3 is 0 Å². The molecule has 3 aromatic carbocycles. The Morgan fingerprint density at radius 2 is 1.15 bits per heavy atom. The number of benzene rings is 3. The van der Waals surface area contributed by atoms with Crippen LogP contribution in [0.4, 0.5) is 0 Å². The van der Waals surface area contributed by atoms with Gasteiger partial charge in [0.25, 0.3) is 0 Å². The van der Waals surface area contributed by atoms with Crippen molar-refractivity contribution < 1.29 is 4.79 Å². The first-order chi connectivity index (χ1) is 9.84. The fraction of sp³-hybridized carbons (Fsp3) is 0. The number of hydrogen-bond acceptors (Lipinski definition) is 1. The van der Waals surface area contributed by atoms with E-state index in [2.05, 4.69) is 12.1 Å². The zero-order chi connectivity index (χ0) is 13.5. The first-order valence-electron chi connectivity index (χ1n) is 6.68. The Morgan fingerprint density at radius 1 is 0.550 bits per heavy atom. The van der Waals surface area contributed by atoms with Crippen molar-refractivity contribution in [1.82, 2.24) is 0 Å². The minimum Gasteiger partial charge on any atom is -0.289 e. The smallest absolute Gasteiger partial charge is 0.193 e. The third-order valence-electron chi connectivity index (χ3n) is 3.83. The van der Waals surface area contributed by atoms with Crippen molar-refractivity contribution >= 4 is 5.78 Å². The SMILES string of the molecule is O=C(c1ccccc1)c1ccc2c(c1)-c1ccccc1-2. The maximum absolute atomic E-state index is 12.4. The lowest BCUT2D eigenvalue weighted by Crippen LogP contribution is -2.05. The maximum atomic E-state index is 12.4. The molecule has 3 aromatic rings. The Kier molecular flexibility index (Phi) is 2.33. The zero-order valence-corrected chi connectivity index (χ0v) is 10.8. The fourth-order valence-corrected chi connectivity index (χ4v) is 2.79. The number of fused-ring (bicyclic) bond motifs is 4. The van der Waals surface area contributed by atoms with E-state index in [0.717, 1.165) is 11.1 Å². The van der Waals surface area contributed by atoms with Crippen LogP contribution in [0.3, 0.4) is 0 Å². The zero-order valence-electron chi connectivity index (χ0n) is 10.8. The van der Waals surface area contributed by atoms with Crippen molar-refractivity contribution in [3.8, 4) is 22.3 Å². The van der Waals surface area contributed by atoms with Gasteiger partial charge in [0.05, 0.1) is 0 Å². The maximum Gasteiger partial charge on any atom is 0.193 e. The average molecular weight is 256 g/mol. The van der Waals surface area contributed by atoms with E-state index in [4.69, 9.17) is 0 Å². The second-order valence-electron chi connectivity index (χ2n) is 5.00. The van der Waals surface area contributed by atoms with Crippen LogP contribution in [0, 0.1) is 0 Å². The highest BCUT2D eigenvalue weighted by Crippen LogP contribution is 2.47. The van der Waals surface area contributed by atoms with E-state index >= 15 is 0 Å². The summed E-state index contributed by atoms with van der Waals surface area (Å²) in [6.45, 7) is 0. The number of ketones is 1. The molecule has 1 heteroatoms. The molecule has 0 saturated carbocycles. The molecule has 4 rings (SSSR count). The van der Waals surface area contributed by atoms with E-state index in [1.165, 1.54) is 22.3 Å². The molecular weight excluding hydrogens is 244 g/mol. The Bertz CT molecular complexity index is 816. The Balaban J connectivity index is 1.77. The molecule has 0 unspecified atom stereocenters. The topological polar surface area (TPSA) is 17.1 Å². The van der Waals surface area contributed by atoms with Gasteiger partial charge in [-0.3, -0.25) is 4.79 Å². The minimum absolute atomic E-state index is 0.0813. The van der Waals surface area contributed by atoms with E-state index in [1.54, 1.807) is 0 Å². The molecule has 1 aliphatic rings. The standard InChI is InChI=1S/C19H12O/c20-19(13-6-2-1-3-7-13)14-10-11-17-15-8-4-5-9-16(15)18(17)12-14/h1-12H. The van der Waals surface area contributed by atoms with Crippen molar-refractivity contribution in [2.75, 3.05) is 0 Å². The number of carbonyl (C=O) groups excluding carboxylic acids is 1. The highest BCUT2D eigenvalue weighted by molar-refractivity contribution is 6.12. The summed E-state index contributed by atoms with van der Waals surface area (Å²) in [5, 5.41) is 0. The molecular formula is C19H12O. The van der Waals surface area contributed by atoms with E-state index in [1.807, 2.05) is 60.7 Å². The summed E-state index contributed by atoms with van der Waals surface area (Å²) in [5.41, 5.74) is 6.43. The van der Waals surface area contributed by atoms with Gasteiger partial charge >= 0.3 is 0 Å². The van der Waals surface area contributed by atoms with Crippen LogP contribution in [0.1, 0.15) is 15.9 Å². The van der Waals surface area contributed by atoms with Crippen molar-refractivity contribution in [3.63, 3.8) is 0 Å². The Morgan fingerprint density at radius 3 is 1.90 bits per heavy atom. The monoisotopic (exact) mass is 256 g/mol. The van der Waals surface area contributed by atoms with Crippen LogP contribution in [0.2, 0.25) is 0 Å². The van der Waals surface area contributed by atoms with Crippen LogP contribution >= 0.6 is 0 Å². The van der Waals surface area contributed by atoms with Crippen molar-refractivity contribution in [2.45, 2.75) is 0 Å². The first kappa shape index (κ1) is 11.2. The van der Waals surface area contributed by atoms with Crippen LogP contribution in [-0.4, -0.2) is 5.78 Å². The predicted octanol–water partition coefficient (Wildman–Crippen LogP) is 4.57. The van der Waals surface area contributed by atoms with Gasteiger partial charge in [0, 0.05) is 11.1 Å². The average Bonchev–Trinajstić information content (AvgIpc) is 2.52. The van der Waals surface area contributed by atoms with Gasteiger partial charge in [-0.25, -0.2) is 0 Å². The van der Waals surface area contributed by atoms with Crippen molar-refractivity contribution in [2.24, 2.45) is 0 Å². The van der Waals surface area contributed by atoms with E-state index < -0.39 is 0 Å². The molecule has 1 nitrogen and oxygen atoms in total. The minimum atomic E-state index is 0.0813. The molecule has 1 aliphatic carbocycles. The predicted molar refractivity (Wildman–Crippen MR) is 80.7 cm³/mol. The highest BCUT2D eigenvalue weighted by atomic mass is 16.1. The third-order valence-corrected chi connectivity index (χ3v) is 3.83. The van der Waals surface area contributed by atoms with Gasteiger partial charge in [0.15, 0.2) is 5.78 Å². The highest BCUT2D eigenvalue weighted by Gasteiger charge is 2.22. The lowest BCUT2D eigenvalue weighted by molar-refractivity contribution is 0.103. The van der Waals surface area contributed by atoms with Crippen LogP contribution in [-0.2, 0) is 0 Å². The van der Waals surface area contributed by atoms with Gasteiger partial charge in [0.2, 0.25) is 0 Å². The molecule has 0 aromatic heterocycles. The van der Waals surface area contributed by atoms with Gasteiger partial charge in [0.1, 0.15) is 0 Å². The molecule has 20 heavy (non-hydrogen) atoms. The molecule has 0 heterocycles. The fourth-order valence-electron chi connectivity index (χ4n) is 2.79. The molecule has 0 saturated heterocycles. The van der Waals surface area contributed by atoms with Crippen molar-refractivity contribution in [3.05, 3.63) is 83.9 Å². The molecule has 0 fully saturated rings. The summed E-state index contributed by atoms with van der Waals surface area (Å²) in [7, 11) is 0. The Labute approximate surface area is 117 Å². The summed E-state index contributed by atoms with van der Waals surface area (Å²) in [6, 6.07) is 23.7. The second-order valence-corrected chi connectivity index (χ2v) is 5.00. The molecule has 0 N–H and O–H groups in total. The molecule has 0 spiro atoms. The van der Waals surface area contributed by atoms with Gasteiger partial charge in [-0.05, 0) is 28.3 Å². The van der Waals surface area contributed by atoms with Crippen LogP contribution in [0.25, 0.3) is 22.3 Å². The second kappa shape index (κ2) is 4.17. The number of hydrogen-bond donors (Lipinski definition) is 0. The third kappa shape index (κ3) is 1.53. The number of rotatable bonds is 2.